The van der Waals surface area contributed by atoms with Crippen LogP contribution in [0.5, 0.6) is 0 Å². The normalized spacial score (nSPS) is 17.9. The Morgan fingerprint density at radius 3 is 2.52 bits per heavy atom. The third kappa shape index (κ3) is 5.29. The Bertz CT molecular complexity index is 1050. The molecule has 1 fully saturated rings. The van der Waals surface area contributed by atoms with Crippen LogP contribution in [-0.2, 0) is 17.4 Å². The van der Waals surface area contributed by atoms with Crippen LogP contribution < -0.4 is 0 Å². The maximum Gasteiger partial charge on any atom is 0.416 e. The van der Waals surface area contributed by atoms with Gasteiger partial charge in [0, 0.05) is 11.6 Å². The molecule has 0 saturated carbocycles. The molecule has 5 nitrogen and oxygen atoms in total. The van der Waals surface area contributed by atoms with E-state index < -0.39 is 23.0 Å². The Kier molecular flexibility index (Phi) is 6.76. The van der Waals surface area contributed by atoms with E-state index in [2.05, 4.69) is 11.6 Å². The molecule has 2 aromatic carbocycles. The molecular weight excluding hydrogens is 453 g/mol. The number of hydrogen-bond acceptors (Lipinski definition) is 4. The van der Waals surface area contributed by atoms with Gasteiger partial charge in [0.15, 0.2) is 5.17 Å². The predicted molar refractivity (Wildman–Crippen MR) is 114 cm³/mol. The lowest BCUT2D eigenvalue weighted by Gasteiger charge is -2.14. The summed E-state index contributed by atoms with van der Waals surface area (Å²) in [6.07, 6.45) is -3.01. The first-order valence-electron chi connectivity index (χ1n) is 8.96. The first-order chi connectivity index (χ1) is 14.6. The molecule has 162 valence electrons. The summed E-state index contributed by atoms with van der Waals surface area (Å²) in [7, 11) is 0. The van der Waals surface area contributed by atoms with Crippen molar-refractivity contribution >= 4 is 46.1 Å². The number of rotatable bonds is 6. The second-order valence-electron chi connectivity index (χ2n) is 6.60. The van der Waals surface area contributed by atoms with E-state index in [0.717, 1.165) is 23.9 Å². The van der Waals surface area contributed by atoms with Crippen LogP contribution in [-0.4, -0.2) is 38.8 Å². The van der Waals surface area contributed by atoms with Crippen LogP contribution in [0.1, 0.15) is 21.5 Å². The fourth-order valence-corrected chi connectivity index (χ4v) is 4.31. The van der Waals surface area contributed by atoms with E-state index in [1.54, 1.807) is 0 Å². The molecule has 0 spiro atoms. The molecule has 0 aliphatic carbocycles. The van der Waals surface area contributed by atoms with Crippen LogP contribution in [0, 0.1) is 0 Å². The van der Waals surface area contributed by atoms with Gasteiger partial charge in [-0.25, -0.2) is 9.79 Å². The summed E-state index contributed by atoms with van der Waals surface area (Å²) in [5.74, 6) is -1.39. The number of nitrogens with zero attached hydrogens (tertiary/aromatic N) is 2. The van der Waals surface area contributed by atoms with Crippen molar-refractivity contribution in [1.29, 1.82) is 0 Å². The van der Waals surface area contributed by atoms with E-state index in [-0.39, 0.29) is 35.0 Å². The first-order valence-corrected chi connectivity index (χ1v) is 10.2. The van der Waals surface area contributed by atoms with Gasteiger partial charge in [-0.05, 0) is 54.4 Å². The van der Waals surface area contributed by atoms with Gasteiger partial charge in [0.2, 0.25) is 5.91 Å². The number of amides is 1. The molecule has 31 heavy (non-hydrogen) atoms. The Balaban J connectivity index is 1.88. The second kappa shape index (κ2) is 9.15. The molecule has 0 radical (unpaired) electrons. The average molecular weight is 469 g/mol. The molecule has 1 saturated heterocycles. The summed E-state index contributed by atoms with van der Waals surface area (Å²) in [4.78, 5) is 29.6. The van der Waals surface area contributed by atoms with E-state index in [1.165, 1.54) is 41.3 Å². The number of halogens is 4. The van der Waals surface area contributed by atoms with Crippen molar-refractivity contribution in [1.82, 2.24) is 4.90 Å². The standard InChI is InChI=1S/C21H16ClF3N2O3S/c1-2-9-27-18(28)17(11-13-10-14(21(23,24)25)5-8-16(13)22)31-20(27)26-15-6-3-12(4-7-15)19(29)30/h2-8,10,17H,1,9,11H2,(H,29,30). The second-order valence-corrected chi connectivity index (χ2v) is 8.18. The van der Waals surface area contributed by atoms with Gasteiger partial charge in [0.1, 0.15) is 0 Å². The van der Waals surface area contributed by atoms with Gasteiger partial charge < -0.3 is 5.11 Å². The Morgan fingerprint density at radius 2 is 1.94 bits per heavy atom. The van der Waals surface area contributed by atoms with Crippen molar-refractivity contribution < 1.29 is 27.9 Å². The maximum absolute atomic E-state index is 13.0. The Morgan fingerprint density at radius 1 is 1.26 bits per heavy atom. The van der Waals surface area contributed by atoms with Gasteiger partial charge in [0.25, 0.3) is 0 Å². The van der Waals surface area contributed by atoms with Crippen molar-refractivity contribution in [3.05, 3.63) is 76.8 Å². The first kappa shape index (κ1) is 22.9. The fourth-order valence-electron chi connectivity index (χ4n) is 2.92. The minimum absolute atomic E-state index is 0.00311. The van der Waals surface area contributed by atoms with Crippen molar-refractivity contribution in [3.63, 3.8) is 0 Å². The number of benzene rings is 2. The van der Waals surface area contributed by atoms with Crippen LogP contribution in [0.3, 0.4) is 0 Å². The van der Waals surface area contributed by atoms with Crippen molar-refractivity contribution in [2.45, 2.75) is 17.8 Å². The lowest BCUT2D eigenvalue weighted by Crippen LogP contribution is -2.32. The maximum atomic E-state index is 13.0. The summed E-state index contributed by atoms with van der Waals surface area (Å²) in [6, 6.07) is 8.81. The molecule has 1 N–H and O–H groups in total. The Labute approximate surface area is 185 Å². The van der Waals surface area contributed by atoms with Gasteiger partial charge >= 0.3 is 12.1 Å². The molecule has 1 aliphatic rings. The van der Waals surface area contributed by atoms with E-state index in [1.807, 2.05) is 0 Å². The third-order valence-electron chi connectivity index (χ3n) is 4.45. The minimum atomic E-state index is -4.52. The Hall–Kier alpha value is -2.78. The quantitative estimate of drug-likeness (QED) is 0.575. The van der Waals surface area contributed by atoms with E-state index in [4.69, 9.17) is 16.7 Å². The van der Waals surface area contributed by atoms with Gasteiger partial charge in [0.05, 0.1) is 22.1 Å². The van der Waals surface area contributed by atoms with Crippen molar-refractivity contribution in [3.8, 4) is 0 Å². The van der Waals surface area contributed by atoms with Gasteiger partial charge in [-0.1, -0.05) is 29.4 Å². The molecule has 1 unspecified atom stereocenters. The number of amidine groups is 1. The molecule has 1 heterocycles. The zero-order valence-electron chi connectivity index (χ0n) is 15.9. The zero-order chi connectivity index (χ0) is 22.8. The number of hydrogen-bond donors (Lipinski definition) is 1. The molecule has 1 aliphatic heterocycles. The van der Waals surface area contributed by atoms with Gasteiger partial charge in [-0.3, -0.25) is 9.69 Å². The fraction of sp³-hybridized carbons (Fsp3) is 0.190. The highest BCUT2D eigenvalue weighted by atomic mass is 35.5. The van der Waals surface area contributed by atoms with Crippen LogP contribution in [0.4, 0.5) is 18.9 Å². The van der Waals surface area contributed by atoms with Crippen LogP contribution in [0.2, 0.25) is 5.02 Å². The van der Waals surface area contributed by atoms with E-state index in [0.29, 0.717) is 10.9 Å². The van der Waals surface area contributed by atoms with Crippen molar-refractivity contribution in [2.75, 3.05) is 6.54 Å². The van der Waals surface area contributed by atoms with Crippen LogP contribution in [0.25, 0.3) is 0 Å². The smallest absolute Gasteiger partial charge is 0.416 e. The number of alkyl halides is 3. The predicted octanol–water partition coefficient (Wildman–Crippen LogP) is 5.42. The molecule has 2 aromatic rings. The number of aliphatic imine (C=N–C) groups is 1. The number of carbonyl (C=O) groups excluding carboxylic acids is 1. The van der Waals surface area contributed by atoms with Crippen molar-refractivity contribution in [2.24, 2.45) is 4.99 Å². The summed E-state index contributed by atoms with van der Waals surface area (Å²) in [6.45, 7) is 3.79. The number of carboxylic acids is 1. The third-order valence-corrected chi connectivity index (χ3v) is 5.99. The molecule has 1 atom stereocenters. The van der Waals surface area contributed by atoms with E-state index in [9.17, 15) is 22.8 Å². The highest BCUT2D eigenvalue weighted by Crippen LogP contribution is 2.36. The van der Waals surface area contributed by atoms with Crippen LogP contribution in [0.15, 0.2) is 60.1 Å². The average Bonchev–Trinajstić information content (AvgIpc) is 2.98. The van der Waals surface area contributed by atoms with E-state index >= 15 is 0 Å². The van der Waals surface area contributed by atoms with Crippen LogP contribution >= 0.6 is 23.4 Å². The number of thioether (sulfide) groups is 1. The highest BCUT2D eigenvalue weighted by molar-refractivity contribution is 8.15. The number of carboxylic acid groups (broad SMARTS) is 1. The summed E-state index contributed by atoms with van der Waals surface area (Å²) >= 11 is 7.19. The molecule has 0 bridgehead atoms. The molecule has 10 heteroatoms. The van der Waals surface area contributed by atoms with Gasteiger partial charge in [-0.15, -0.1) is 6.58 Å². The van der Waals surface area contributed by atoms with Gasteiger partial charge in [-0.2, -0.15) is 13.2 Å². The summed E-state index contributed by atoms with van der Waals surface area (Å²) in [5.41, 5.74) is -0.0862. The molecule has 0 aromatic heterocycles. The largest absolute Gasteiger partial charge is 0.478 e. The monoisotopic (exact) mass is 468 g/mol. The number of aromatic carboxylic acids is 1. The number of carbonyl (C=O) groups is 2. The minimum Gasteiger partial charge on any atom is -0.478 e. The lowest BCUT2D eigenvalue weighted by atomic mass is 10.1. The summed E-state index contributed by atoms with van der Waals surface area (Å²) in [5, 5.41) is 8.77. The topological polar surface area (TPSA) is 70.0 Å². The zero-order valence-corrected chi connectivity index (χ0v) is 17.5. The lowest BCUT2D eigenvalue weighted by molar-refractivity contribution is -0.137. The molecule has 3 rings (SSSR count). The SMILES string of the molecule is C=CCN1C(=O)C(Cc2cc(C(F)(F)F)ccc2Cl)SC1=Nc1ccc(C(=O)O)cc1. The highest BCUT2D eigenvalue weighted by Gasteiger charge is 2.38. The molecule has 1 amide bonds. The molecular formula is C21H16ClF3N2O3S. The summed E-state index contributed by atoms with van der Waals surface area (Å²) < 4.78 is 39.1.